The van der Waals surface area contributed by atoms with E-state index in [1.807, 2.05) is 0 Å². The van der Waals surface area contributed by atoms with Crippen molar-refractivity contribution >= 4 is 11.7 Å². The van der Waals surface area contributed by atoms with Crippen LogP contribution in [0.2, 0.25) is 0 Å². The number of rotatable bonds is 3. The average molecular weight is 249 g/mol. The molecule has 1 aliphatic rings. The highest BCUT2D eigenvalue weighted by molar-refractivity contribution is 5.94. The van der Waals surface area contributed by atoms with Crippen LogP contribution >= 0.6 is 0 Å². The maximum absolute atomic E-state index is 12.4. The molecule has 1 amide bonds. The zero-order chi connectivity index (χ0) is 13.0. The highest BCUT2D eigenvalue weighted by Crippen LogP contribution is 2.35. The molecular formula is C13H19N3O2. The summed E-state index contributed by atoms with van der Waals surface area (Å²) >= 11 is 0. The van der Waals surface area contributed by atoms with Gasteiger partial charge in [-0.15, -0.1) is 0 Å². The Labute approximate surface area is 107 Å². The Morgan fingerprint density at radius 2 is 2.22 bits per heavy atom. The molecule has 1 aromatic rings. The molecule has 1 N–H and O–H groups in total. The molecule has 2 rings (SSSR count). The number of amides is 1. The molecule has 5 heteroatoms. The summed E-state index contributed by atoms with van der Waals surface area (Å²) < 4.78 is 5.34. The van der Waals surface area contributed by atoms with Crippen LogP contribution in [0.5, 0.6) is 0 Å². The molecule has 98 valence electrons. The third-order valence-electron chi connectivity index (χ3n) is 3.63. The number of aromatic nitrogens is 2. The van der Waals surface area contributed by atoms with Gasteiger partial charge in [-0.1, -0.05) is 6.92 Å². The zero-order valence-corrected chi connectivity index (χ0v) is 10.9. The molecule has 1 saturated heterocycles. The fourth-order valence-electron chi connectivity index (χ4n) is 2.28. The predicted octanol–water partition coefficient (Wildman–Crippen LogP) is 1.93. The number of hydrogen-bond acceptors (Lipinski definition) is 4. The minimum Gasteiger partial charge on any atom is -0.381 e. The second-order valence-electron chi connectivity index (χ2n) is 4.69. The first-order valence-corrected chi connectivity index (χ1v) is 6.35. The van der Waals surface area contributed by atoms with E-state index in [4.69, 9.17) is 4.74 Å². The lowest BCUT2D eigenvalue weighted by molar-refractivity contribution is -0.131. The smallest absolute Gasteiger partial charge is 0.231 e. The van der Waals surface area contributed by atoms with Crippen molar-refractivity contribution < 1.29 is 9.53 Å². The largest absolute Gasteiger partial charge is 0.381 e. The molecule has 0 bridgehead atoms. The Bertz CT molecular complexity index is 428. The van der Waals surface area contributed by atoms with Crippen molar-refractivity contribution in [3.05, 3.63) is 18.1 Å². The van der Waals surface area contributed by atoms with Gasteiger partial charge in [0.15, 0.2) is 0 Å². The molecule has 0 atom stereocenters. The second-order valence-corrected chi connectivity index (χ2v) is 4.69. The first kappa shape index (κ1) is 13.0. The van der Waals surface area contributed by atoms with Crippen LogP contribution in [0.4, 0.5) is 5.82 Å². The van der Waals surface area contributed by atoms with Crippen LogP contribution in [-0.2, 0) is 9.53 Å². The van der Waals surface area contributed by atoms with E-state index in [1.54, 1.807) is 19.2 Å². The Morgan fingerprint density at radius 3 is 2.83 bits per heavy atom. The highest BCUT2D eigenvalue weighted by Gasteiger charge is 2.38. The normalized spacial score (nSPS) is 18.3. The maximum Gasteiger partial charge on any atom is 0.231 e. The molecule has 5 nitrogen and oxygen atoms in total. The van der Waals surface area contributed by atoms with Crippen LogP contribution in [0.25, 0.3) is 0 Å². The van der Waals surface area contributed by atoms with Crippen LogP contribution in [-0.4, -0.2) is 29.1 Å². The standard InChI is InChI=1S/C13H19N3O2/c1-3-13(5-8-18-9-6-13)12(17)16-11-4-7-14-10(2)15-11/h4,7H,3,5-6,8-9H2,1-2H3,(H,14,15,16,17). The summed E-state index contributed by atoms with van der Waals surface area (Å²) in [6.45, 7) is 5.17. The minimum atomic E-state index is -0.308. The molecule has 0 aromatic carbocycles. The van der Waals surface area contributed by atoms with Crippen molar-refractivity contribution in [2.75, 3.05) is 18.5 Å². The number of nitrogens with zero attached hydrogens (tertiary/aromatic N) is 2. The monoisotopic (exact) mass is 249 g/mol. The average Bonchev–Trinajstić information content (AvgIpc) is 2.39. The van der Waals surface area contributed by atoms with Crippen LogP contribution < -0.4 is 5.32 Å². The van der Waals surface area contributed by atoms with Crippen LogP contribution in [0.3, 0.4) is 0 Å². The molecule has 0 radical (unpaired) electrons. The van der Waals surface area contributed by atoms with Crippen LogP contribution in [0.15, 0.2) is 12.3 Å². The van der Waals surface area contributed by atoms with Crippen molar-refractivity contribution in [2.24, 2.45) is 5.41 Å². The lowest BCUT2D eigenvalue weighted by atomic mass is 9.77. The Hall–Kier alpha value is -1.49. The molecular weight excluding hydrogens is 230 g/mol. The van der Waals surface area contributed by atoms with E-state index in [-0.39, 0.29) is 11.3 Å². The van der Waals surface area contributed by atoms with Gasteiger partial charge in [0, 0.05) is 19.4 Å². The van der Waals surface area contributed by atoms with Gasteiger partial charge in [0.1, 0.15) is 11.6 Å². The molecule has 2 heterocycles. The number of ether oxygens (including phenoxy) is 1. The fraction of sp³-hybridized carbons (Fsp3) is 0.615. The third kappa shape index (κ3) is 2.67. The first-order valence-electron chi connectivity index (χ1n) is 6.35. The van der Waals surface area contributed by atoms with Gasteiger partial charge in [-0.2, -0.15) is 0 Å². The lowest BCUT2D eigenvalue weighted by Gasteiger charge is -2.34. The van der Waals surface area contributed by atoms with Gasteiger partial charge in [0.25, 0.3) is 0 Å². The Morgan fingerprint density at radius 1 is 1.50 bits per heavy atom. The summed E-state index contributed by atoms with van der Waals surface area (Å²) in [5.74, 6) is 1.28. The summed E-state index contributed by atoms with van der Waals surface area (Å²) in [6.07, 6.45) is 4.03. The fourth-order valence-corrected chi connectivity index (χ4v) is 2.28. The number of nitrogens with one attached hydrogen (secondary N) is 1. The van der Waals surface area contributed by atoms with Gasteiger partial charge >= 0.3 is 0 Å². The number of carbonyl (C=O) groups excluding carboxylic acids is 1. The molecule has 1 aliphatic heterocycles. The summed E-state index contributed by atoms with van der Waals surface area (Å²) in [7, 11) is 0. The quantitative estimate of drug-likeness (QED) is 0.889. The number of hydrogen-bond donors (Lipinski definition) is 1. The molecule has 1 aromatic heterocycles. The van der Waals surface area contributed by atoms with Crippen molar-refractivity contribution in [1.82, 2.24) is 9.97 Å². The van der Waals surface area contributed by atoms with E-state index in [0.717, 1.165) is 19.3 Å². The van der Waals surface area contributed by atoms with E-state index in [0.29, 0.717) is 24.9 Å². The molecule has 0 spiro atoms. The molecule has 0 unspecified atom stereocenters. The summed E-state index contributed by atoms with van der Waals surface area (Å²) in [5, 5.41) is 2.90. The van der Waals surface area contributed by atoms with Crippen molar-refractivity contribution in [1.29, 1.82) is 0 Å². The molecule has 1 fully saturated rings. The second kappa shape index (κ2) is 5.44. The minimum absolute atomic E-state index is 0.0476. The van der Waals surface area contributed by atoms with Gasteiger partial charge in [0.2, 0.25) is 5.91 Å². The third-order valence-corrected chi connectivity index (χ3v) is 3.63. The number of anilines is 1. The summed E-state index contributed by atoms with van der Waals surface area (Å²) in [5.41, 5.74) is -0.308. The Balaban J connectivity index is 2.10. The van der Waals surface area contributed by atoms with Gasteiger partial charge in [-0.25, -0.2) is 9.97 Å². The van der Waals surface area contributed by atoms with Crippen molar-refractivity contribution in [2.45, 2.75) is 33.1 Å². The SMILES string of the molecule is CCC1(C(=O)Nc2ccnc(C)n2)CCOCC1. The van der Waals surface area contributed by atoms with Crippen LogP contribution in [0.1, 0.15) is 32.0 Å². The maximum atomic E-state index is 12.4. The molecule has 18 heavy (non-hydrogen) atoms. The van der Waals surface area contributed by atoms with E-state index < -0.39 is 0 Å². The predicted molar refractivity (Wildman–Crippen MR) is 68.2 cm³/mol. The molecule has 0 saturated carbocycles. The Kier molecular flexibility index (Phi) is 3.91. The lowest BCUT2D eigenvalue weighted by Crippen LogP contribution is -2.40. The molecule has 0 aliphatic carbocycles. The van der Waals surface area contributed by atoms with E-state index >= 15 is 0 Å². The number of carbonyl (C=O) groups is 1. The highest BCUT2D eigenvalue weighted by atomic mass is 16.5. The van der Waals surface area contributed by atoms with Gasteiger partial charge < -0.3 is 10.1 Å². The zero-order valence-electron chi connectivity index (χ0n) is 10.9. The van der Waals surface area contributed by atoms with Gasteiger partial charge in [0.05, 0.1) is 5.41 Å². The topological polar surface area (TPSA) is 64.1 Å². The van der Waals surface area contributed by atoms with Crippen LogP contribution in [0, 0.1) is 12.3 Å². The van der Waals surface area contributed by atoms with Crippen molar-refractivity contribution in [3.8, 4) is 0 Å². The van der Waals surface area contributed by atoms with Crippen molar-refractivity contribution in [3.63, 3.8) is 0 Å². The van der Waals surface area contributed by atoms with E-state index in [1.165, 1.54) is 0 Å². The first-order chi connectivity index (χ1) is 8.66. The summed E-state index contributed by atoms with van der Waals surface area (Å²) in [6, 6.07) is 1.72. The van der Waals surface area contributed by atoms with Gasteiger partial charge in [-0.05, 0) is 32.3 Å². The summed E-state index contributed by atoms with van der Waals surface area (Å²) in [4.78, 5) is 20.6. The van der Waals surface area contributed by atoms with E-state index in [2.05, 4.69) is 22.2 Å². The number of aryl methyl sites for hydroxylation is 1. The van der Waals surface area contributed by atoms with E-state index in [9.17, 15) is 4.79 Å². The van der Waals surface area contributed by atoms with Gasteiger partial charge in [-0.3, -0.25) is 4.79 Å².